The van der Waals surface area contributed by atoms with Gasteiger partial charge in [0, 0.05) is 48.2 Å². The van der Waals surface area contributed by atoms with Crippen LogP contribution >= 0.6 is 0 Å². The molecule has 0 unspecified atom stereocenters. The van der Waals surface area contributed by atoms with E-state index in [1.54, 1.807) is 24.2 Å². The highest BCUT2D eigenvalue weighted by Crippen LogP contribution is 2.25. The van der Waals surface area contributed by atoms with Crippen molar-refractivity contribution in [1.29, 1.82) is 0 Å². The second-order valence-corrected chi connectivity index (χ2v) is 7.72. The summed E-state index contributed by atoms with van der Waals surface area (Å²) >= 11 is 0. The van der Waals surface area contributed by atoms with Gasteiger partial charge in [0.15, 0.2) is 0 Å². The minimum atomic E-state index is -0.105. The minimum absolute atomic E-state index is 0.105. The fraction of sp³-hybridized carbons (Fsp3) is 0.167. The third-order valence-corrected chi connectivity index (χ3v) is 5.58. The number of fused-ring (bicyclic) bond motifs is 1. The number of nitrogens with one attached hydrogen (secondary N) is 1. The Morgan fingerprint density at radius 1 is 1.09 bits per heavy atom. The van der Waals surface area contributed by atoms with Gasteiger partial charge in [-0.2, -0.15) is 0 Å². The zero-order chi connectivity index (χ0) is 22.8. The molecule has 4 aromatic rings. The Labute approximate surface area is 186 Å². The maximum Gasteiger partial charge on any atom is 0.391 e. The number of aryl methyl sites for hydroxylation is 1. The average molecular weight is 429 g/mol. The van der Waals surface area contributed by atoms with E-state index < -0.39 is 0 Å². The number of nitrogen functional groups attached to an aromatic ring is 2. The number of hydrogen-bond acceptors (Lipinski definition) is 6. The number of carbonyl (C=O) groups is 1. The molecule has 5 N–H and O–H groups in total. The molecule has 0 fully saturated rings. The molecular weight excluding hydrogens is 402 g/mol. The molecular formula is C24H26N7O+. The van der Waals surface area contributed by atoms with E-state index in [0.29, 0.717) is 29.6 Å². The summed E-state index contributed by atoms with van der Waals surface area (Å²) in [7, 11) is 3.62. The monoisotopic (exact) mass is 428 g/mol. The fourth-order valence-corrected chi connectivity index (χ4v) is 3.43. The zero-order valence-corrected chi connectivity index (χ0v) is 18.3. The summed E-state index contributed by atoms with van der Waals surface area (Å²) in [6.07, 6.45) is 1.67. The van der Waals surface area contributed by atoms with Crippen LogP contribution in [0.3, 0.4) is 0 Å². The molecule has 2 aromatic carbocycles. The van der Waals surface area contributed by atoms with Gasteiger partial charge in [0.1, 0.15) is 0 Å². The lowest BCUT2D eigenvalue weighted by atomic mass is 10.1. The first kappa shape index (κ1) is 21.0. The van der Waals surface area contributed by atoms with Crippen molar-refractivity contribution >= 4 is 40.0 Å². The van der Waals surface area contributed by atoms with Crippen LogP contribution in [0.15, 0.2) is 60.8 Å². The number of hydrogen-bond donors (Lipinski definition) is 3. The smallest absolute Gasteiger partial charge is 0.391 e. The summed E-state index contributed by atoms with van der Waals surface area (Å²) in [4.78, 5) is 23.3. The van der Waals surface area contributed by atoms with Crippen molar-refractivity contribution in [2.24, 2.45) is 7.05 Å². The number of pyridine rings is 1. The largest absolute Gasteiger partial charge is 0.398 e. The molecule has 0 aliphatic heterocycles. The molecule has 1 amide bonds. The van der Waals surface area contributed by atoms with Crippen LogP contribution in [0.5, 0.6) is 0 Å². The van der Waals surface area contributed by atoms with E-state index in [4.69, 9.17) is 11.5 Å². The summed E-state index contributed by atoms with van der Waals surface area (Å²) in [5.41, 5.74) is 16.8. The molecule has 0 spiro atoms. The topological polar surface area (TPSA) is 114 Å². The lowest BCUT2D eigenvalue weighted by molar-refractivity contribution is -0.665. The van der Waals surface area contributed by atoms with Gasteiger partial charge in [-0.05, 0) is 48.9 Å². The predicted molar refractivity (Wildman–Crippen MR) is 127 cm³/mol. The minimum Gasteiger partial charge on any atom is -0.398 e. The average Bonchev–Trinajstić information content (AvgIpc) is 2.80. The molecule has 8 nitrogen and oxygen atoms in total. The maximum atomic E-state index is 13.0. The Bertz CT molecular complexity index is 1280. The SMILES string of the molecule is Cc1cc(NCc2ccc(C(=O)N(C)c3ccc4nccc(N)c4c3)cc2)nc(N)[n+]1C. The van der Waals surface area contributed by atoms with Crippen molar-refractivity contribution in [3.63, 3.8) is 0 Å². The molecule has 0 saturated carbocycles. The quantitative estimate of drug-likeness (QED) is 0.421. The summed E-state index contributed by atoms with van der Waals surface area (Å²) in [5, 5.41) is 4.10. The fourth-order valence-electron chi connectivity index (χ4n) is 3.43. The molecule has 2 aromatic heterocycles. The number of rotatable bonds is 5. The number of carbonyl (C=O) groups excluding carboxylic acids is 1. The summed E-state index contributed by atoms with van der Waals surface area (Å²) < 4.78 is 1.82. The zero-order valence-electron chi connectivity index (χ0n) is 18.3. The van der Waals surface area contributed by atoms with E-state index in [1.807, 2.05) is 67.1 Å². The van der Waals surface area contributed by atoms with E-state index in [2.05, 4.69) is 15.3 Å². The van der Waals surface area contributed by atoms with E-state index in [0.717, 1.165) is 27.8 Å². The molecule has 4 rings (SSSR count). The van der Waals surface area contributed by atoms with Crippen molar-refractivity contribution in [3.8, 4) is 0 Å². The maximum absolute atomic E-state index is 13.0. The highest BCUT2D eigenvalue weighted by atomic mass is 16.2. The van der Waals surface area contributed by atoms with Gasteiger partial charge in [-0.25, -0.2) is 4.57 Å². The van der Waals surface area contributed by atoms with Crippen molar-refractivity contribution in [2.75, 3.05) is 28.7 Å². The number of aromatic nitrogens is 3. The summed E-state index contributed by atoms with van der Waals surface area (Å²) in [5.74, 6) is 1.05. The van der Waals surface area contributed by atoms with Crippen LogP contribution in [0, 0.1) is 6.92 Å². The lowest BCUT2D eigenvalue weighted by Gasteiger charge is -2.18. The Kier molecular flexibility index (Phi) is 5.59. The lowest BCUT2D eigenvalue weighted by Crippen LogP contribution is -2.37. The van der Waals surface area contributed by atoms with Crippen LogP contribution < -0.4 is 26.3 Å². The Morgan fingerprint density at radius 2 is 1.84 bits per heavy atom. The second-order valence-electron chi connectivity index (χ2n) is 7.72. The molecule has 0 saturated heterocycles. The first-order valence-corrected chi connectivity index (χ1v) is 10.2. The van der Waals surface area contributed by atoms with Gasteiger partial charge in [0.05, 0.1) is 18.3 Å². The molecule has 0 radical (unpaired) electrons. The highest BCUT2D eigenvalue weighted by molar-refractivity contribution is 6.07. The normalized spacial score (nSPS) is 10.8. The third kappa shape index (κ3) is 4.15. The van der Waals surface area contributed by atoms with Crippen LogP contribution in [0.25, 0.3) is 10.9 Å². The first-order valence-electron chi connectivity index (χ1n) is 10.2. The van der Waals surface area contributed by atoms with Crippen LogP contribution in [-0.4, -0.2) is 22.9 Å². The molecule has 32 heavy (non-hydrogen) atoms. The summed E-state index contributed by atoms with van der Waals surface area (Å²) in [6, 6.07) is 16.8. The molecule has 0 aliphatic rings. The van der Waals surface area contributed by atoms with Gasteiger partial charge in [-0.3, -0.25) is 15.5 Å². The van der Waals surface area contributed by atoms with Crippen LogP contribution in [0.1, 0.15) is 21.6 Å². The molecule has 0 aliphatic carbocycles. The van der Waals surface area contributed by atoms with Crippen LogP contribution in [0.4, 0.5) is 23.1 Å². The van der Waals surface area contributed by atoms with Crippen molar-refractivity contribution < 1.29 is 9.36 Å². The van der Waals surface area contributed by atoms with Gasteiger partial charge in [-0.15, -0.1) is 0 Å². The van der Waals surface area contributed by atoms with E-state index in [9.17, 15) is 4.79 Å². The first-order chi connectivity index (χ1) is 15.3. The van der Waals surface area contributed by atoms with Gasteiger partial charge in [-0.1, -0.05) is 17.1 Å². The number of amides is 1. The third-order valence-electron chi connectivity index (χ3n) is 5.58. The standard InChI is InChI=1S/C24H25N7O/c1-15-12-22(29-24(26)30(15)2)28-14-16-4-6-17(7-5-16)23(32)31(3)18-8-9-21-19(13-18)20(25)10-11-27-21/h4-13H,14H2,1-3H3,(H4,25,26,27,28,29)/p+1. The molecule has 8 heteroatoms. The number of anilines is 4. The Morgan fingerprint density at radius 3 is 2.56 bits per heavy atom. The van der Waals surface area contributed by atoms with Crippen molar-refractivity contribution in [3.05, 3.63) is 77.6 Å². The molecule has 0 atom stereocenters. The Balaban J connectivity index is 1.46. The summed E-state index contributed by atoms with van der Waals surface area (Å²) in [6.45, 7) is 2.54. The Hall–Kier alpha value is -4.20. The molecule has 2 heterocycles. The molecule has 0 bridgehead atoms. The molecule has 162 valence electrons. The van der Waals surface area contributed by atoms with Gasteiger partial charge >= 0.3 is 5.95 Å². The van der Waals surface area contributed by atoms with Gasteiger partial charge < -0.3 is 16.0 Å². The van der Waals surface area contributed by atoms with E-state index in [-0.39, 0.29) is 5.91 Å². The number of nitrogens with zero attached hydrogens (tertiary/aromatic N) is 4. The highest BCUT2D eigenvalue weighted by Gasteiger charge is 2.15. The van der Waals surface area contributed by atoms with Gasteiger partial charge in [0.25, 0.3) is 5.91 Å². The van der Waals surface area contributed by atoms with Crippen LogP contribution in [-0.2, 0) is 13.6 Å². The predicted octanol–water partition coefficient (Wildman–Crippen LogP) is 2.82. The van der Waals surface area contributed by atoms with E-state index in [1.165, 1.54) is 0 Å². The number of nitrogens with two attached hydrogens (primary N) is 2. The van der Waals surface area contributed by atoms with Crippen molar-refractivity contribution in [2.45, 2.75) is 13.5 Å². The second kappa shape index (κ2) is 8.50. The van der Waals surface area contributed by atoms with Crippen molar-refractivity contribution in [1.82, 2.24) is 9.97 Å². The van der Waals surface area contributed by atoms with E-state index >= 15 is 0 Å². The van der Waals surface area contributed by atoms with Crippen LogP contribution in [0.2, 0.25) is 0 Å². The van der Waals surface area contributed by atoms with Gasteiger partial charge in [0.2, 0.25) is 5.82 Å². The number of benzene rings is 2.